The van der Waals surface area contributed by atoms with Crippen LogP contribution in [0.25, 0.3) is 0 Å². The van der Waals surface area contributed by atoms with E-state index in [4.69, 9.17) is 5.73 Å². The van der Waals surface area contributed by atoms with Gasteiger partial charge in [-0.25, -0.2) is 0 Å². The SMILES string of the molecule is NC(=O)[C@@H](O)[C@@H](NC(=O)c1ccccc1)c1ccccc1. The lowest BCUT2D eigenvalue weighted by atomic mass is 10.0. The summed E-state index contributed by atoms with van der Waals surface area (Å²) in [6.45, 7) is 0. The maximum Gasteiger partial charge on any atom is 0.251 e. The molecule has 0 fully saturated rings. The molecule has 0 aliphatic rings. The predicted molar refractivity (Wildman–Crippen MR) is 78.3 cm³/mol. The Balaban J connectivity index is 2.25. The molecule has 2 amide bonds. The lowest BCUT2D eigenvalue weighted by molar-refractivity contribution is -0.127. The van der Waals surface area contributed by atoms with E-state index in [9.17, 15) is 14.7 Å². The zero-order valence-corrected chi connectivity index (χ0v) is 11.3. The number of carbonyl (C=O) groups is 2. The number of amides is 2. The van der Waals surface area contributed by atoms with Gasteiger partial charge in [0.05, 0.1) is 6.04 Å². The normalized spacial score (nSPS) is 13.2. The van der Waals surface area contributed by atoms with Gasteiger partial charge in [0.1, 0.15) is 0 Å². The number of carbonyl (C=O) groups excluding carboxylic acids is 2. The lowest BCUT2D eigenvalue weighted by Crippen LogP contribution is -2.43. The van der Waals surface area contributed by atoms with E-state index in [1.807, 2.05) is 0 Å². The number of benzene rings is 2. The second-order valence-corrected chi connectivity index (χ2v) is 4.58. The van der Waals surface area contributed by atoms with Crippen molar-refractivity contribution in [3.8, 4) is 0 Å². The lowest BCUT2D eigenvalue weighted by Gasteiger charge is -2.22. The Bertz CT molecular complexity index is 614. The summed E-state index contributed by atoms with van der Waals surface area (Å²) < 4.78 is 0. The van der Waals surface area contributed by atoms with Crippen molar-refractivity contribution >= 4 is 11.8 Å². The topological polar surface area (TPSA) is 92.4 Å². The van der Waals surface area contributed by atoms with Gasteiger partial charge in [0, 0.05) is 5.56 Å². The molecule has 4 N–H and O–H groups in total. The summed E-state index contributed by atoms with van der Waals surface area (Å²) in [7, 11) is 0. The summed E-state index contributed by atoms with van der Waals surface area (Å²) in [6.07, 6.45) is -1.50. The molecule has 108 valence electrons. The Hall–Kier alpha value is -2.66. The average Bonchev–Trinajstić information content (AvgIpc) is 2.53. The average molecular weight is 284 g/mol. The van der Waals surface area contributed by atoms with E-state index < -0.39 is 18.1 Å². The van der Waals surface area contributed by atoms with Crippen LogP contribution in [-0.4, -0.2) is 23.0 Å². The van der Waals surface area contributed by atoms with Crippen molar-refractivity contribution in [2.75, 3.05) is 0 Å². The van der Waals surface area contributed by atoms with E-state index in [1.54, 1.807) is 60.7 Å². The van der Waals surface area contributed by atoms with E-state index in [0.717, 1.165) is 0 Å². The van der Waals surface area contributed by atoms with Gasteiger partial charge in [-0.05, 0) is 17.7 Å². The van der Waals surface area contributed by atoms with Gasteiger partial charge in [-0.2, -0.15) is 0 Å². The number of hydrogen-bond acceptors (Lipinski definition) is 3. The Morgan fingerprint density at radius 1 is 0.952 bits per heavy atom. The Labute approximate surface area is 122 Å². The first-order valence-corrected chi connectivity index (χ1v) is 6.48. The molecule has 2 aromatic carbocycles. The highest BCUT2D eigenvalue weighted by Gasteiger charge is 2.27. The molecule has 0 bridgehead atoms. The summed E-state index contributed by atoms with van der Waals surface area (Å²) in [4.78, 5) is 23.4. The smallest absolute Gasteiger partial charge is 0.251 e. The molecule has 0 radical (unpaired) electrons. The Morgan fingerprint density at radius 3 is 2.00 bits per heavy atom. The van der Waals surface area contributed by atoms with Crippen molar-refractivity contribution < 1.29 is 14.7 Å². The molecular formula is C16H16N2O3. The summed E-state index contributed by atoms with van der Waals surface area (Å²) in [5.74, 6) is -1.28. The van der Waals surface area contributed by atoms with Crippen LogP contribution in [-0.2, 0) is 4.79 Å². The van der Waals surface area contributed by atoms with Gasteiger partial charge < -0.3 is 16.2 Å². The number of nitrogens with one attached hydrogen (secondary N) is 1. The Kier molecular flexibility index (Phi) is 4.68. The fourth-order valence-corrected chi connectivity index (χ4v) is 1.98. The maximum absolute atomic E-state index is 12.2. The van der Waals surface area contributed by atoms with Gasteiger partial charge in [-0.1, -0.05) is 48.5 Å². The molecule has 0 spiro atoms. The molecule has 0 aliphatic heterocycles. The van der Waals surface area contributed by atoms with Crippen LogP contribution in [0.4, 0.5) is 0 Å². The van der Waals surface area contributed by atoms with E-state index in [2.05, 4.69) is 5.32 Å². The molecule has 2 aromatic rings. The van der Waals surface area contributed by atoms with Crippen molar-refractivity contribution in [2.24, 2.45) is 5.73 Å². The van der Waals surface area contributed by atoms with Crippen LogP contribution in [0, 0.1) is 0 Å². The van der Waals surface area contributed by atoms with Gasteiger partial charge in [0.25, 0.3) is 5.91 Å². The molecule has 0 aliphatic carbocycles. The standard InChI is InChI=1S/C16H16N2O3/c17-15(20)14(19)13(11-7-3-1-4-8-11)18-16(21)12-9-5-2-6-10-12/h1-10,13-14,19H,(H2,17,20)(H,18,21)/t13-,14-/m0/s1. The third-order valence-electron chi connectivity index (χ3n) is 3.09. The molecule has 0 heterocycles. The van der Waals surface area contributed by atoms with E-state index >= 15 is 0 Å². The molecule has 0 aromatic heterocycles. The predicted octanol–water partition coefficient (Wildman–Crippen LogP) is 1.00. The zero-order chi connectivity index (χ0) is 15.2. The monoisotopic (exact) mass is 284 g/mol. The molecular weight excluding hydrogens is 268 g/mol. The third-order valence-corrected chi connectivity index (χ3v) is 3.09. The largest absolute Gasteiger partial charge is 0.381 e. The molecule has 5 nitrogen and oxygen atoms in total. The van der Waals surface area contributed by atoms with Crippen LogP contribution in [0.1, 0.15) is 22.0 Å². The van der Waals surface area contributed by atoms with Crippen LogP contribution >= 0.6 is 0 Å². The van der Waals surface area contributed by atoms with Crippen molar-refractivity contribution in [1.29, 1.82) is 0 Å². The molecule has 2 atom stereocenters. The Morgan fingerprint density at radius 2 is 1.48 bits per heavy atom. The van der Waals surface area contributed by atoms with E-state index in [1.165, 1.54) is 0 Å². The highest BCUT2D eigenvalue weighted by Crippen LogP contribution is 2.17. The second-order valence-electron chi connectivity index (χ2n) is 4.58. The first-order valence-electron chi connectivity index (χ1n) is 6.48. The van der Waals surface area contributed by atoms with Crippen LogP contribution in [0.3, 0.4) is 0 Å². The summed E-state index contributed by atoms with van der Waals surface area (Å²) >= 11 is 0. The summed E-state index contributed by atoms with van der Waals surface area (Å²) in [5.41, 5.74) is 6.19. The van der Waals surface area contributed by atoms with Crippen molar-refractivity contribution in [3.05, 3.63) is 71.8 Å². The van der Waals surface area contributed by atoms with Crippen molar-refractivity contribution in [2.45, 2.75) is 12.1 Å². The number of aliphatic hydroxyl groups excluding tert-OH is 1. The minimum atomic E-state index is -1.50. The van der Waals surface area contributed by atoms with Crippen LogP contribution < -0.4 is 11.1 Å². The highest BCUT2D eigenvalue weighted by atomic mass is 16.3. The zero-order valence-electron chi connectivity index (χ0n) is 11.3. The van der Waals surface area contributed by atoms with Gasteiger partial charge in [0.2, 0.25) is 5.91 Å². The number of rotatable bonds is 5. The van der Waals surface area contributed by atoms with Gasteiger partial charge in [-0.15, -0.1) is 0 Å². The van der Waals surface area contributed by atoms with Crippen LogP contribution in [0.5, 0.6) is 0 Å². The summed E-state index contributed by atoms with van der Waals surface area (Å²) in [5, 5.41) is 12.6. The van der Waals surface area contributed by atoms with Gasteiger partial charge in [-0.3, -0.25) is 9.59 Å². The molecule has 0 saturated carbocycles. The summed E-state index contributed by atoms with van der Waals surface area (Å²) in [6, 6.07) is 16.4. The molecule has 0 saturated heterocycles. The molecule has 2 rings (SSSR count). The van der Waals surface area contributed by atoms with Crippen molar-refractivity contribution in [3.63, 3.8) is 0 Å². The van der Waals surface area contributed by atoms with Crippen LogP contribution in [0.15, 0.2) is 60.7 Å². The van der Waals surface area contributed by atoms with Crippen molar-refractivity contribution in [1.82, 2.24) is 5.32 Å². The molecule has 5 heteroatoms. The quantitative estimate of drug-likeness (QED) is 0.765. The fraction of sp³-hybridized carbons (Fsp3) is 0.125. The number of nitrogens with two attached hydrogens (primary N) is 1. The molecule has 21 heavy (non-hydrogen) atoms. The highest BCUT2D eigenvalue weighted by molar-refractivity contribution is 5.95. The first-order chi connectivity index (χ1) is 10.1. The minimum absolute atomic E-state index is 0.384. The first kappa shape index (κ1) is 14.7. The number of aliphatic hydroxyl groups is 1. The number of hydrogen-bond donors (Lipinski definition) is 3. The minimum Gasteiger partial charge on any atom is -0.381 e. The maximum atomic E-state index is 12.2. The fourth-order valence-electron chi connectivity index (χ4n) is 1.98. The van der Waals surface area contributed by atoms with E-state index in [-0.39, 0.29) is 5.91 Å². The van der Waals surface area contributed by atoms with Gasteiger partial charge >= 0.3 is 0 Å². The number of primary amides is 1. The van der Waals surface area contributed by atoms with Crippen LogP contribution in [0.2, 0.25) is 0 Å². The van der Waals surface area contributed by atoms with Gasteiger partial charge in [0.15, 0.2) is 6.10 Å². The third kappa shape index (κ3) is 3.67. The second kappa shape index (κ2) is 6.67. The molecule has 0 unspecified atom stereocenters. The van der Waals surface area contributed by atoms with E-state index in [0.29, 0.717) is 11.1 Å².